The summed E-state index contributed by atoms with van der Waals surface area (Å²) in [6.45, 7) is 3.25. The van der Waals surface area contributed by atoms with Gasteiger partial charge in [0, 0.05) is 6.92 Å². The highest BCUT2D eigenvalue weighted by Crippen LogP contribution is 2.37. The number of nitrogens with one attached hydrogen (secondary N) is 1. The van der Waals surface area contributed by atoms with Crippen LogP contribution in [0.25, 0.3) is 0 Å². The predicted molar refractivity (Wildman–Crippen MR) is 93.7 cm³/mol. The molecule has 0 bridgehead atoms. The summed E-state index contributed by atoms with van der Waals surface area (Å²) in [4.78, 5) is 43.5. The van der Waals surface area contributed by atoms with E-state index in [9.17, 15) is 14.4 Å². The van der Waals surface area contributed by atoms with Gasteiger partial charge in [0.2, 0.25) is 11.8 Å². The second kappa shape index (κ2) is 6.29. The summed E-state index contributed by atoms with van der Waals surface area (Å²) in [5.74, 6) is -0.434. The van der Waals surface area contributed by atoms with Crippen LogP contribution in [-0.2, 0) is 10.3 Å². The van der Waals surface area contributed by atoms with E-state index < -0.39 is 29.3 Å². The van der Waals surface area contributed by atoms with E-state index in [-0.39, 0.29) is 0 Å². The number of carbonyl (C=O) groups excluding carboxylic acids is 3. The van der Waals surface area contributed by atoms with Crippen molar-refractivity contribution < 1.29 is 18.9 Å². The number of rotatable bonds is 4. The normalized spacial score (nSPS) is 19.3. The summed E-state index contributed by atoms with van der Waals surface area (Å²) in [5.41, 5.74) is -0.0695. The van der Waals surface area contributed by atoms with Crippen molar-refractivity contribution in [2.24, 2.45) is 0 Å². The van der Waals surface area contributed by atoms with E-state index in [1.165, 1.54) is 0 Å². The average Bonchev–Trinajstić information content (AvgIpc) is 3.36. The number of imide groups is 1. The topological polar surface area (TPSA) is 105 Å². The molecule has 3 amide bonds. The maximum Gasteiger partial charge on any atom is 0.262 e. The maximum atomic E-state index is 13.0. The maximum absolute atomic E-state index is 13.0. The fraction of sp³-hybridized carbons (Fsp3) is 0.421. The van der Waals surface area contributed by atoms with Crippen molar-refractivity contribution in [2.45, 2.75) is 51.1 Å². The van der Waals surface area contributed by atoms with Crippen molar-refractivity contribution in [3.63, 3.8) is 0 Å². The fourth-order valence-corrected chi connectivity index (χ4v) is 3.89. The lowest BCUT2D eigenvalue weighted by Crippen LogP contribution is -2.53. The molecule has 8 heteroatoms. The Morgan fingerprint density at radius 2 is 1.78 bits per heavy atom. The molecule has 2 aromatic rings. The third kappa shape index (κ3) is 2.72. The Morgan fingerprint density at radius 1 is 1.19 bits per heavy atom. The number of carbonyl (C=O) groups is 3. The first-order valence-electron chi connectivity index (χ1n) is 9.03. The van der Waals surface area contributed by atoms with E-state index in [1.54, 1.807) is 38.1 Å². The Labute approximate surface area is 155 Å². The van der Waals surface area contributed by atoms with Crippen LogP contribution in [0.2, 0.25) is 0 Å². The van der Waals surface area contributed by atoms with Gasteiger partial charge in [-0.05, 0) is 31.9 Å². The minimum Gasteiger partial charge on any atom is -0.341 e. The van der Waals surface area contributed by atoms with Gasteiger partial charge in [0.05, 0.1) is 11.1 Å². The van der Waals surface area contributed by atoms with Crippen molar-refractivity contribution in [2.75, 3.05) is 0 Å². The largest absolute Gasteiger partial charge is 0.341 e. The second-order valence-electron chi connectivity index (χ2n) is 7.12. The lowest BCUT2D eigenvalue weighted by atomic mass is 9.96. The van der Waals surface area contributed by atoms with Gasteiger partial charge in [0.15, 0.2) is 5.82 Å². The van der Waals surface area contributed by atoms with E-state index in [1.807, 2.05) is 0 Å². The zero-order valence-electron chi connectivity index (χ0n) is 15.2. The summed E-state index contributed by atoms with van der Waals surface area (Å²) >= 11 is 0. The van der Waals surface area contributed by atoms with Gasteiger partial charge in [-0.2, -0.15) is 4.98 Å². The molecule has 1 aliphatic heterocycles. The van der Waals surface area contributed by atoms with Crippen molar-refractivity contribution >= 4 is 17.7 Å². The molecule has 8 nitrogen and oxygen atoms in total. The minimum atomic E-state index is -0.942. The Bertz CT molecular complexity index is 894. The monoisotopic (exact) mass is 368 g/mol. The number of aromatic nitrogens is 2. The van der Waals surface area contributed by atoms with E-state index in [4.69, 9.17) is 4.52 Å². The second-order valence-corrected chi connectivity index (χ2v) is 7.12. The Kier molecular flexibility index (Phi) is 4.05. The highest BCUT2D eigenvalue weighted by Gasteiger charge is 2.45. The zero-order valence-corrected chi connectivity index (χ0v) is 15.2. The molecule has 0 radical (unpaired) electrons. The number of hydrogen-bond donors (Lipinski definition) is 1. The zero-order chi connectivity index (χ0) is 19.2. The van der Waals surface area contributed by atoms with Crippen LogP contribution >= 0.6 is 0 Å². The first kappa shape index (κ1) is 17.4. The molecule has 1 aromatic heterocycles. The number of hydrogen-bond acceptors (Lipinski definition) is 6. The van der Waals surface area contributed by atoms with E-state index in [0.717, 1.165) is 17.7 Å². The van der Waals surface area contributed by atoms with Crippen LogP contribution in [0, 0.1) is 6.92 Å². The molecule has 140 valence electrons. The molecule has 1 unspecified atom stereocenters. The third-order valence-corrected chi connectivity index (χ3v) is 5.37. The smallest absolute Gasteiger partial charge is 0.262 e. The fourth-order valence-electron chi connectivity index (χ4n) is 3.89. The van der Waals surface area contributed by atoms with Crippen LogP contribution < -0.4 is 5.32 Å². The van der Waals surface area contributed by atoms with Crippen molar-refractivity contribution in [1.82, 2.24) is 20.4 Å². The standard InChI is InChI=1S/C19H20N4O4/c1-11(23-16(25)13-7-3-4-8-14(13)17(23)26)15(24)21-19(9-5-6-10-19)18-20-12(2)27-22-18/h3-4,7-8,11H,5-6,9-10H2,1-2H3,(H,21,24). The lowest BCUT2D eigenvalue weighted by Gasteiger charge is -2.30. The van der Waals surface area contributed by atoms with Gasteiger partial charge in [-0.1, -0.05) is 30.1 Å². The number of amides is 3. The number of fused-ring (bicyclic) bond motifs is 1. The van der Waals surface area contributed by atoms with Crippen LogP contribution in [-0.4, -0.2) is 38.8 Å². The predicted octanol–water partition coefficient (Wildman–Crippen LogP) is 1.95. The Balaban J connectivity index is 1.58. The summed E-state index contributed by atoms with van der Waals surface area (Å²) < 4.78 is 5.09. The van der Waals surface area contributed by atoms with Gasteiger partial charge in [0.1, 0.15) is 11.6 Å². The van der Waals surface area contributed by atoms with E-state index in [2.05, 4.69) is 15.5 Å². The summed E-state index contributed by atoms with van der Waals surface area (Å²) in [6, 6.07) is 5.65. The molecule has 1 N–H and O–H groups in total. The summed E-state index contributed by atoms with van der Waals surface area (Å²) in [6.07, 6.45) is 3.23. The molecule has 1 aliphatic carbocycles. The average molecular weight is 368 g/mol. The number of benzene rings is 1. The Hall–Kier alpha value is -3.03. The van der Waals surface area contributed by atoms with Crippen LogP contribution in [0.1, 0.15) is 65.0 Å². The SMILES string of the molecule is Cc1nc(C2(NC(=O)C(C)N3C(=O)c4ccccc4C3=O)CCCC2)no1. The van der Waals surface area contributed by atoms with Crippen LogP contribution in [0.4, 0.5) is 0 Å². The lowest BCUT2D eigenvalue weighted by molar-refractivity contribution is -0.126. The first-order valence-corrected chi connectivity index (χ1v) is 9.03. The first-order chi connectivity index (χ1) is 12.9. The molecule has 0 saturated heterocycles. The van der Waals surface area contributed by atoms with Crippen molar-refractivity contribution in [3.05, 3.63) is 47.1 Å². The minimum absolute atomic E-state index is 0.325. The molecule has 27 heavy (non-hydrogen) atoms. The molecular formula is C19H20N4O4. The highest BCUT2D eigenvalue weighted by atomic mass is 16.5. The number of aryl methyl sites for hydroxylation is 1. The highest BCUT2D eigenvalue weighted by molar-refractivity contribution is 6.22. The van der Waals surface area contributed by atoms with Gasteiger partial charge in [0.25, 0.3) is 11.8 Å². The van der Waals surface area contributed by atoms with Gasteiger partial charge >= 0.3 is 0 Å². The third-order valence-electron chi connectivity index (χ3n) is 5.37. The quantitative estimate of drug-likeness (QED) is 0.827. The molecular weight excluding hydrogens is 348 g/mol. The molecule has 2 heterocycles. The van der Waals surface area contributed by atoms with Crippen molar-refractivity contribution in [1.29, 1.82) is 0 Å². The molecule has 0 spiro atoms. The molecule has 1 saturated carbocycles. The summed E-state index contributed by atoms with van der Waals surface area (Å²) in [5, 5.41) is 6.99. The van der Waals surface area contributed by atoms with Gasteiger partial charge in [-0.25, -0.2) is 0 Å². The molecule has 1 aromatic carbocycles. The molecule has 4 rings (SSSR count). The van der Waals surface area contributed by atoms with Crippen molar-refractivity contribution in [3.8, 4) is 0 Å². The van der Waals surface area contributed by atoms with Gasteiger partial charge < -0.3 is 9.84 Å². The van der Waals surface area contributed by atoms with Gasteiger partial charge in [-0.3, -0.25) is 19.3 Å². The van der Waals surface area contributed by atoms with E-state index in [0.29, 0.717) is 35.7 Å². The molecule has 2 aliphatic rings. The Morgan fingerprint density at radius 3 is 2.30 bits per heavy atom. The molecule has 1 atom stereocenters. The molecule has 1 fully saturated rings. The van der Waals surface area contributed by atoms with Gasteiger partial charge in [-0.15, -0.1) is 0 Å². The van der Waals surface area contributed by atoms with Crippen LogP contribution in [0.3, 0.4) is 0 Å². The van der Waals surface area contributed by atoms with Crippen LogP contribution in [0.5, 0.6) is 0 Å². The van der Waals surface area contributed by atoms with Crippen LogP contribution in [0.15, 0.2) is 28.8 Å². The summed E-state index contributed by atoms with van der Waals surface area (Å²) in [7, 11) is 0. The van der Waals surface area contributed by atoms with E-state index >= 15 is 0 Å². The number of nitrogens with zero attached hydrogens (tertiary/aromatic N) is 3.